The predicted octanol–water partition coefficient (Wildman–Crippen LogP) is 3.99. The smallest absolute Gasteiger partial charge is 0.221 e. The third-order valence-electron chi connectivity index (χ3n) is 3.16. The summed E-state index contributed by atoms with van der Waals surface area (Å²) >= 11 is 0. The molecule has 0 spiro atoms. The highest BCUT2D eigenvalue weighted by molar-refractivity contribution is 6.06. The minimum absolute atomic E-state index is 0.114. The average Bonchev–Trinajstić information content (AvgIpc) is 2.85. The molecule has 1 amide bonds. The SMILES string of the molecule is CC.CC(=O)Nc1cccc(-c2c(C=O)[nH]c(C)c2C(C)=O)c1. The maximum Gasteiger partial charge on any atom is 0.221 e. The molecule has 0 radical (unpaired) electrons. The first kappa shape index (κ1) is 18.4. The molecule has 0 aliphatic carbocycles. The molecule has 1 heterocycles. The van der Waals surface area contributed by atoms with Crippen molar-refractivity contribution >= 4 is 23.7 Å². The topological polar surface area (TPSA) is 79.0 Å². The van der Waals surface area contributed by atoms with Crippen molar-refractivity contribution in [2.24, 2.45) is 0 Å². The Morgan fingerprint density at radius 2 is 1.83 bits per heavy atom. The highest BCUT2D eigenvalue weighted by Gasteiger charge is 2.19. The summed E-state index contributed by atoms with van der Waals surface area (Å²) in [6, 6.07) is 7.05. The molecule has 0 bridgehead atoms. The largest absolute Gasteiger partial charge is 0.355 e. The van der Waals surface area contributed by atoms with Gasteiger partial charge in [-0.15, -0.1) is 0 Å². The van der Waals surface area contributed by atoms with Gasteiger partial charge in [0.05, 0.1) is 5.69 Å². The van der Waals surface area contributed by atoms with Gasteiger partial charge in [-0.1, -0.05) is 26.0 Å². The number of ketones is 1. The molecule has 2 rings (SSSR count). The Kier molecular flexibility index (Phi) is 6.45. The van der Waals surface area contributed by atoms with E-state index in [1.165, 1.54) is 13.8 Å². The van der Waals surface area contributed by atoms with E-state index in [-0.39, 0.29) is 11.7 Å². The number of benzene rings is 1. The van der Waals surface area contributed by atoms with Gasteiger partial charge in [0.2, 0.25) is 5.91 Å². The molecule has 0 aliphatic heterocycles. The monoisotopic (exact) mass is 314 g/mol. The summed E-state index contributed by atoms with van der Waals surface area (Å²) in [5.41, 5.74) is 3.41. The Morgan fingerprint density at radius 1 is 1.17 bits per heavy atom. The van der Waals surface area contributed by atoms with E-state index in [1.807, 2.05) is 13.8 Å². The van der Waals surface area contributed by atoms with Gasteiger partial charge in [-0.05, 0) is 31.5 Å². The standard InChI is InChI=1S/C16H16N2O3.C2H6/c1-9-15(10(2)20)16(14(8-19)17-9)12-5-4-6-13(7-12)18-11(3)21;1-2/h4-8,17H,1-3H3,(H,18,21);1-2H3. The molecule has 23 heavy (non-hydrogen) atoms. The van der Waals surface area contributed by atoms with Gasteiger partial charge in [-0.25, -0.2) is 0 Å². The average molecular weight is 314 g/mol. The van der Waals surface area contributed by atoms with E-state index >= 15 is 0 Å². The van der Waals surface area contributed by atoms with Gasteiger partial charge in [-0.2, -0.15) is 0 Å². The first-order valence-electron chi connectivity index (χ1n) is 7.50. The van der Waals surface area contributed by atoms with Gasteiger partial charge in [0.15, 0.2) is 12.1 Å². The molecule has 0 fully saturated rings. The van der Waals surface area contributed by atoms with E-state index in [0.29, 0.717) is 40.1 Å². The van der Waals surface area contributed by atoms with E-state index < -0.39 is 0 Å². The van der Waals surface area contributed by atoms with Crippen molar-refractivity contribution in [2.75, 3.05) is 5.32 Å². The zero-order chi connectivity index (χ0) is 17.6. The molecule has 0 aliphatic rings. The van der Waals surface area contributed by atoms with Crippen LogP contribution in [0.1, 0.15) is 54.2 Å². The van der Waals surface area contributed by atoms with Crippen molar-refractivity contribution in [3.05, 3.63) is 41.2 Å². The highest BCUT2D eigenvalue weighted by atomic mass is 16.1. The van der Waals surface area contributed by atoms with Crippen LogP contribution in [0.5, 0.6) is 0 Å². The lowest BCUT2D eigenvalue weighted by Gasteiger charge is -2.07. The number of carbonyl (C=O) groups excluding carboxylic acids is 3. The minimum atomic E-state index is -0.181. The van der Waals surface area contributed by atoms with Crippen molar-refractivity contribution in [1.29, 1.82) is 0 Å². The molecule has 1 aromatic carbocycles. The lowest BCUT2D eigenvalue weighted by molar-refractivity contribution is -0.114. The third kappa shape index (κ3) is 4.16. The van der Waals surface area contributed by atoms with Crippen molar-refractivity contribution < 1.29 is 14.4 Å². The van der Waals surface area contributed by atoms with Gasteiger partial charge >= 0.3 is 0 Å². The quantitative estimate of drug-likeness (QED) is 0.661. The van der Waals surface area contributed by atoms with Gasteiger partial charge in [0.25, 0.3) is 0 Å². The second kappa shape index (κ2) is 8.08. The molecule has 0 atom stereocenters. The Balaban J connectivity index is 0.00000127. The molecule has 5 heteroatoms. The first-order chi connectivity index (χ1) is 10.9. The molecule has 2 N–H and O–H groups in total. The number of hydrogen-bond acceptors (Lipinski definition) is 3. The number of amides is 1. The van der Waals surface area contributed by atoms with E-state index in [1.54, 1.807) is 31.2 Å². The van der Waals surface area contributed by atoms with E-state index in [2.05, 4.69) is 10.3 Å². The van der Waals surface area contributed by atoms with Crippen LogP contribution >= 0.6 is 0 Å². The highest BCUT2D eigenvalue weighted by Crippen LogP contribution is 2.31. The Hall–Kier alpha value is -2.69. The summed E-state index contributed by atoms with van der Waals surface area (Å²) in [5, 5.41) is 2.69. The van der Waals surface area contributed by atoms with Gasteiger partial charge in [0, 0.05) is 29.4 Å². The van der Waals surface area contributed by atoms with E-state index in [9.17, 15) is 14.4 Å². The number of H-pyrrole nitrogens is 1. The minimum Gasteiger partial charge on any atom is -0.355 e. The third-order valence-corrected chi connectivity index (χ3v) is 3.16. The van der Waals surface area contributed by atoms with Crippen molar-refractivity contribution in [2.45, 2.75) is 34.6 Å². The first-order valence-corrected chi connectivity index (χ1v) is 7.50. The molecule has 0 unspecified atom stereocenters. The summed E-state index contributed by atoms with van der Waals surface area (Å²) in [7, 11) is 0. The number of nitrogens with one attached hydrogen (secondary N) is 2. The molecule has 1 aromatic heterocycles. The summed E-state index contributed by atoms with van der Waals surface area (Å²) in [4.78, 5) is 37.1. The molecule has 0 saturated heterocycles. The maximum absolute atomic E-state index is 11.8. The van der Waals surface area contributed by atoms with Crippen molar-refractivity contribution in [3.63, 3.8) is 0 Å². The van der Waals surface area contributed by atoms with Crippen LogP contribution in [0.3, 0.4) is 0 Å². The van der Waals surface area contributed by atoms with Gasteiger partial charge in [-0.3, -0.25) is 14.4 Å². The van der Waals surface area contributed by atoms with Crippen LogP contribution in [-0.4, -0.2) is 23.0 Å². The number of aldehydes is 1. The van der Waals surface area contributed by atoms with Crippen molar-refractivity contribution in [1.82, 2.24) is 4.98 Å². The Morgan fingerprint density at radius 3 is 2.35 bits per heavy atom. The zero-order valence-corrected chi connectivity index (χ0v) is 14.1. The number of aromatic amines is 1. The maximum atomic E-state index is 11.8. The van der Waals surface area contributed by atoms with Crippen LogP contribution in [0.2, 0.25) is 0 Å². The molecule has 122 valence electrons. The van der Waals surface area contributed by atoms with Crippen LogP contribution in [0.25, 0.3) is 11.1 Å². The number of Topliss-reactive ketones (excluding diaryl/α,β-unsaturated/α-hetero) is 1. The lowest BCUT2D eigenvalue weighted by Crippen LogP contribution is -2.05. The summed E-state index contributed by atoms with van der Waals surface area (Å²) in [6.45, 7) is 8.64. The Bertz CT molecular complexity index is 730. The summed E-state index contributed by atoms with van der Waals surface area (Å²) in [5.74, 6) is -0.295. The summed E-state index contributed by atoms with van der Waals surface area (Å²) in [6.07, 6.45) is 0.694. The van der Waals surface area contributed by atoms with Crippen LogP contribution in [0, 0.1) is 6.92 Å². The number of carbonyl (C=O) groups is 3. The summed E-state index contributed by atoms with van der Waals surface area (Å²) < 4.78 is 0. The van der Waals surface area contributed by atoms with Gasteiger partial charge < -0.3 is 10.3 Å². The van der Waals surface area contributed by atoms with Crippen LogP contribution in [-0.2, 0) is 4.79 Å². The molecule has 2 aromatic rings. The van der Waals surface area contributed by atoms with E-state index in [4.69, 9.17) is 0 Å². The number of aromatic nitrogens is 1. The normalized spacial score (nSPS) is 9.61. The fourth-order valence-electron chi connectivity index (χ4n) is 2.43. The zero-order valence-electron chi connectivity index (χ0n) is 14.1. The lowest BCUT2D eigenvalue weighted by atomic mass is 9.98. The van der Waals surface area contributed by atoms with Crippen LogP contribution in [0.15, 0.2) is 24.3 Å². The van der Waals surface area contributed by atoms with Gasteiger partial charge in [0.1, 0.15) is 0 Å². The van der Waals surface area contributed by atoms with Crippen molar-refractivity contribution in [3.8, 4) is 11.1 Å². The number of rotatable bonds is 4. The fraction of sp³-hybridized carbons (Fsp3) is 0.278. The Labute approximate surface area is 136 Å². The number of aryl methyl sites for hydroxylation is 1. The second-order valence-electron chi connectivity index (χ2n) is 4.85. The molecule has 0 saturated carbocycles. The van der Waals surface area contributed by atoms with Crippen LogP contribution < -0.4 is 5.32 Å². The predicted molar refractivity (Wildman–Crippen MR) is 92.0 cm³/mol. The van der Waals surface area contributed by atoms with E-state index in [0.717, 1.165) is 0 Å². The fourth-order valence-corrected chi connectivity index (χ4v) is 2.43. The molecular weight excluding hydrogens is 292 g/mol. The molecular formula is C18H22N2O3. The molecule has 5 nitrogen and oxygen atoms in total. The van der Waals surface area contributed by atoms with Crippen LogP contribution in [0.4, 0.5) is 5.69 Å². The second-order valence-corrected chi connectivity index (χ2v) is 4.85. The number of anilines is 1. The number of hydrogen-bond donors (Lipinski definition) is 2.